The number of ketones is 1. The Bertz CT molecular complexity index is 3330. The van der Waals surface area contributed by atoms with E-state index in [-0.39, 0.29) is 61.3 Å². The Kier molecular flexibility index (Phi) is 14.0. The minimum absolute atomic E-state index is 0.0117. The summed E-state index contributed by atoms with van der Waals surface area (Å²) in [5, 5.41) is 28.1. The molecule has 0 bridgehead atoms. The van der Waals surface area contributed by atoms with E-state index in [1.165, 1.54) is 9.78 Å². The number of carbonyl (C=O) groups excluding carboxylic acids is 4. The van der Waals surface area contributed by atoms with Gasteiger partial charge in [0.05, 0.1) is 40.4 Å². The molecule has 0 spiro atoms. The number of Topliss-reactive ketones (excluding diaryl/α,β-unsaturated/α-hetero) is 1. The van der Waals surface area contributed by atoms with Crippen molar-refractivity contribution in [2.24, 2.45) is 10.4 Å². The number of thiophene rings is 1. The summed E-state index contributed by atoms with van der Waals surface area (Å²) < 4.78 is 14.4. The van der Waals surface area contributed by atoms with Gasteiger partial charge in [-0.15, -0.1) is 32.9 Å². The number of benzene rings is 3. The van der Waals surface area contributed by atoms with Gasteiger partial charge in [0, 0.05) is 70.7 Å². The lowest BCUT2D eigenvalue weighted by Crippen LogP contribution is -2.56. The van der Waals surface area contributed by atoms with Crippen molar-refractivity contribution >= 4 is 74.5 Å². The first-order chi connectivity index (χ1) is 35.3. The van der Waals surface area contributed by atoms with Gasteiger partial charge in [0.1, 0.15) is 40.3 Å². The number of ether oxygens (including phenoxy) is 1. The number of aliphatic hydroxyl groups is 1. The molecule has 15 nitrogen and oxygen atoms in total. The fourth-order valence-electron chi connectivity index (χ4n) is 10.2. The van der Waals surface area contributed by atoms with Crippen molar-refractivity contribution in [1.29, 1.82) is 0 Å². The van der Waals surface area contributed by atoms with Crippen molar-refractivity contribution < 1.29 is 33.4 Å². The number of nitrogens with one attached hydrogen (secondary N) is 2. The van der Waals surface area contributed by atoms with E-state index in [1.807, 2.05) is 112 Å². The quantitative estimate of drug-likeness (QED) is 0.0944. The summed E-state index contributed by atoms with van der Waals surface area (Å²) in [6.07, 6.45) is 0.528. The van der Waals surface area contributed by atoms with Crippen molar-refractivity contribution in [3.63, 3.8) is 0 Å². The van der Waals surface area contributed by atoms with Crippen LogP contribution in [0.4, 0.5) is 0 Å². The zero-order valence-corrected chi connectivity index (χ0v) is 45.0. The first-order valence-electron chi connectivity index (χ1n) is 25.0. The molecule has 3 aliphatic rings. The van der Waals surface area contributed by atoms with E-state index in [0.29, 0.717) is 40.4 Å². The third kappa shape index (κ3) is 10.2. The molecule has 2 aliphatic heterocycles. The lowest BCUT2D eigenvalue weighted by atomic mass is 9.85. The van der Waals surface area contributed by atoms with Gasteiger partial charge < -0.3 is 29.8 Å². The SMILES string of the molecule is Cc1ncsc1-c1ccc([C@H](C)CC(=O)[C@@H]2C[C@@H](O)CN2C(=O)[C@@H](NC(=O)c2cc3ccc(OC4CC(NC(=O)C[C@@H]5N=C(c6ccc(Cl)cc6)c6c(sc(C)c6C)-n6c(C)nnc65)C4)cc3o2)C(C)(C)C)cc1. The molecule has 0 radical (unpaired) electrons. The Hall–Kier alpha value is -6.53. The van der Waals surface area contributed by atoms with Gasteiger partial charge >= 0.3 is 0 Å². The number of hydrogen-bond donors (Lipinski definition) is 3. The maximum absolute atomic E-state index is 14.4. The highest BCUT2D eigenvalue weighted by Gasteiger charge is 2.45. The number of rotatable bonds is 14. The number of likely N-dealkylation sites (tertiary alicyclic amines) is 1. The van der Waals surface area contributed by atoms with E-state index in [2.05, 4.69) is 39.7 Å². The van der Waals surface area contributed by atoms with Crippen molar-refractivity contribution in [3.8, 4) is 21.2 Å². The second-order valence-corrected chi connectivity index (χ2v) is 23.5. The molecule has 5 atom stereocenters. The zero-order valence-electron chi connectivity index (χ0n) is 42.6. The molecular formula is C56H59ClN8O7S2. The molecule has 7 aromatic rings. The van der Waals surface area contributed by atoms with Crippen molar-refractivity contribution in [3.05, 3.63) is 134 Å². The molecule has 18 heteroatoms. The van der Waals surface area contributed by atoms with Gasteiger partial charge in [-0.25, -0.2) is 4.98 Å². The molecule has 1 saturated heterocycles. The van der Waals surface area contributed by atoms with Crippen LogP contribution in [0.5, 0.6) is 5.75 Å². The lowest BCUT2D eigenvalue weighted by Gasteiger charge is -2.36. The van der Waals surface area contributed by atoms with Crippen LogP contribution in [0.2, 0.25) is 5.02 Å². The van der Waals surface area contributed by atoms with Gasteiger partial charge in [-0.2, -0.15) is 0 Å². The number of aliphatic hydroxyl groups excluding tert-OH is 1. The fraction of sp³-hybridized carbons (Fsp3) is 0.393. The smallest absolute Gasteiger partial charge is 0.287 e. The third-order valence-electron chi connectivity index (χ3n) is 14.5. The van der Waals surface area contributed by atoms with E-state index in [9.17, 15) is 24.3 Å². The summed E-state index contributed by atoms with van der Waals surface area (Å²) in [4.78, 5) is 69.3. The molecule has 0 unspecified atom stereocenters. The topological polar surface area (TPSA) is 194 Å². The molecular weight excluding hydrogens is 996 g/mol. The van der Waals surface area contributed by atoms with Gasteiger partial charge in [-0.1, -0.05) is 75.7 Å². The number of aryl methyl sites for hydroxylation is 3. The van der Waals surface area contributed by atoms with E-state index < -0.39 is 41.5 Å². The average Bonchev–Trinajstić information content (AvgIpc) is 4.19. The summed E-state index contributed by atoms with van der Waals surface area (Å²) in [7, 11) is 0. The Morgan fingerprint density at radius 1 is 0.946 bits per heavy atom. The van der Waals surface area contributed by atoms with Crippen LogP contribution in [0, 0.1) is 33.1 Å². The van der Waals surface area contributed by atoms with E-state index in [4.69, 9.17) is 25.7 Å². The van der Waals surface area contributed by atoms with Crippen molar-refractivity contribution in [1.82, 2.24) is 35.3 Å². The van der Waals surface area contributed by atoms with Crippen LogP contribution in [-0.4, -0.2) is 95.8 Å². The predicted molar refractivity (Wildman–Crippen MR) is 287 cm³/mol. The Morgan fingerprint density at radius 2 is 1.68 bits per heavy atom. The standard InChI is InChI=1S/C56H59ClN8O7S2/c1-28(33-9-11-35(12-10-33)50-30(3)58-27-73-50)19-44(67)43-23-39(66)26-64(43)54(70)51(56(6,7)8)61-53(69)46-20-36-15-18-40(24-45(36)72-46)71-41-21-38(22-41)59-47(68)25-42-52-63-62-32(5)65(52)55-48(29(2)31(4)74-55)49(60-42)34-13-16-37(57)17-14-34/h9-18,20,24,27-28,38-39,41-43,51,66H,19,21-23,25-26H2,1-8H3,(H,59,68)(H,61,69)/t28-,38?,39-,41?,42+,43+,51-/m1/s1. The number of carbonyl (C=O) groups is 4. The fourth-order valence-corrected chi connectivity index (χ4v) is 12.4. The van der Waals surface area contributed by atoms with Gasteiger partial charge in [0.2, 0.25) is 11.8 Å². The zero-order chi connectivity index (χ0) is 52.3. The number of furan rings is 1. The number of fused-ring (bicyclic) bond motifs is 4. The Balaban J connectivity index is 0.754. The van der Waals surface area contributed by atoms with Crippen LogP contribution in [0.1, 0.15) is 127 Å². The normalized spacial score (nSPS) is 20.2. The molecule has 10 rings (SSSR count). The second kappa shape index (κ2) is 20.3. The van der Waals surface area contributed by atoms with Gasteiger partial charge in [0.25, 0.3) is 5.91 Å². The van der Waals surface area contributed by atoms with Crippen molar-refractivity contribution in [2.45, 2.75) is 130 Å². The molecule has 4 aromatic heterocycles. The molecule has 3 aromatic carbocycles. The molecule has 6 heterocycles. The van der Waals surface area contributed by atoms with Crippen molar-refractivity contribution in [2.75, 3.05) is 6.54 Å². The summed E-state index contributed by atoms with van der Waals surface area (Å²) >= 11 is 9.52. The van der Waals surface area contributed by atoms with Crippen LogP contribution >= 0.6 is 34.3 Å². The number of hydrogen-bond acceptors (Lipinski definition) is 13. The van der Waals surface area contributed by atoms with Crippen LogP contribution in [-0.2, 0) is 14.4 Å². The highest BCUT2D eigenvalue weighted by molar-refractivity contribution is 7.15. The monoisotopic (exact) mass is 1050 g/mol. The summed E-state index contributed by atoms with van der Waals surface area (Å²) in [6.45, 7) is 15.6. The number of thiazole rings is 1. The number of aliphatic imine (C=N–C) groups is 1. The molecule has 1 aliphatic carbocycles. The van der Waals surface area contributed by atoms with E-state index in [0.717, 1.165) is 54.9 Å². The number of nitrogens with zero attached hydrogens (tertiary/aromatic N) is 6. The van der Waals surface area contributed by atoms with Gasteiger partial charge in [-0.05, 0) is 86.1 Å². The second-order valence-electron chi connectivity index (χ2n) is 21.0. The van der Waals surface area contributed by atoms with Crippen LogP contribution < -0.4 is 15.4 Å². The van der Waals surface area contributed by atoms with Crippen LogP contribution in [0.3, 0.4) is 0 Å². The Morgan fingerprint density at radius 3 is 2.38 bits per heavy atom. The molecule has 1 saturated carbocycles. The van der Waals surface area contributed by atoms with Gasteiger partial charge in [-0.3, -0.25) is 28.7 Å². The molecule has 3 amide bonds. The highest BCUT2D eigenvalue weighted by atomic mass is 35.5. The maximum atomic E-state index is 14.4. The van der Waals surface area contributed by atoms with Crippen LogP contribution in [0.25, 0.3) is 26.4 Å². The molecule has 74 heavy (non-hydrogen) atoms. The minimum atomic E-state index is -1.03. The highest BCUT2D eigenvalue weighted by Crippen LogP contribution is 2.40. The first-order valence-corrected chi connectivity index (χ1v) is 27.1. The minimum Gasteiger partial charge on any atom is -0.490 e. The number of amides is 3. The largest absolute Gasteiger partial charge is 0.490 e. The number of aromatic nitrogens is 4. The average molecular weight is 1060 g/mol. The first kappa shape index (κ1) is 51.0. The summed E-state index contributed by atoms with van der Waals surface area (Å²) in [5.74, 6) is 0.442. The summed E-state index contributed by atoms with van der Waals surface area (Å²) in [6, 6.07) is 20.1. The molecule has 2 fully saturated rings. The van der Waals surface area contributed by atoms with Crippen LogP contribution in [0.15, 0.2) is 87.7 Å². The molecule has 3 N–H and O–H groups in total. The number of β-amino-alcohol motifs (C(OH)–C–C–N with tert-alkyl or cyclic N) is 1. The summed E-state index contributed by atoms with van der Waals surface area (Å²) in [5.41, 5.74) is 8.33. The Labute approximate surface area is 442 Å². The van der Waals surface area contributed by atoms with Gasteiger partial charge in [0.15, 0.2) is 17.4 Å². The third-order valence-corrected chi connectivity index (χ3v) is 17.0. The maximum Gasteiger partial charge on any atom is 0.287 e. The lowest BCUT2D eigenvalue weighted by molar-refractivity contribution is -0.141. The van der Waals surface area contributed by atoms with E-state index in [1.54, 1.807) is 34.8 Å². The molecule has 384 valence electrons. The predicted octanol–water partition coefficient (Wildman–Crippen LogP) is 9.96. The van der Waals surface area contributed by atoms with E-state index >= 15 is 0 Å². The number of halogens is 1.